The van der Waals surface area contributed by atoms with Crippen LogP contribution < -0.4 is 0 Å². The van der Waals surface area contributed by atoms with Gasteiger partial charge < -0.3 is 9.64 Å². The van der Waals surface area contributed by atoms with Crippen molar-refractivity contribution in [1.82, 2.24) is 30.5 Å². The van der Waals surface area contributed by atoms with Crippen molar-refractivity contribution in [3.63, 3.8) is 0 Å². The van der Waals surface area contributed by atoms with Gasteiger partial charge >= 0.3 is 0 Å². The van der Waals surface area contributed by atoms with Crippen LogP contribution in [-0.2, 0) is 11.3 Å². The molecule has 0 radical (unpaired) electrons. The molecule has 0 spiro atoms. The van der Waals surface area contributed by atoms with Gasteiger partial charge in [-0.3, -0.25) is 9.78 Å². The van der Waals surface area contributed by atoms with Crippen LogP contribution >= 0.6 is 0 Å². The van der Waals surface area contributed by atoms with E-state index in [2.05, 4.69) is 25.6 Å². The first kappa shape index (κ1) is 17.3. The number of nitrogens with one attached hydrogen (secondary N) is 1. The van der Waals surface area contributed by atoms with Gasteiger partial charge in [-0.25, -0.2) is 0 Å². The number of tetrazole rings is 1. The minimum absolute atomic E-state index is 0.0509. The predicted molar refractivity (Wildman–Crippen MR) is 97.6 cm³/mol. The van der Waals surface area contributed by atoms with E-state index < -0.39 is 0 Å². The Labute approximate surface area is 156 Å². The fraction of sp³-hybridized carbons (Fsp3) is 0.316. The number of aromatic amines is 1. The van der Waals surface area contributed by atoms with Crippen LogP contribution in [0.15, 0.2) is 48.7 Å². The van der Waals surface area contributed by atoms with Crippen LogP contribution in [0.2, 0.25) is 0 Å². The van der Waals surface area contributed by atoms with Gasteiger partial charge in [0.2, 0.25) is 5.82 Å². The number of nitrogens with zero attached hydrogens (tertiary/aromatic N) is 5. The third-order valence-electron chi connectivity index (χ3n) is 4.56. The number of ether oxygens (including phenoxy) is 1. The van der Waals surface area contributed by atoms with Gasteiger partial charge in [0, 0.05) is 24.9 Å². The fourth-order valence-corrected chi connectivity index (χ4v) is 3.25. The van der Waals surface area contributed by atoms with Crippen LogP contribution in [0.3, 0.4) is 0 Å². The Kier molecular flexibility index (Phi) is 5.15. The summed E-state index contributed by atoms with van der Waals surface area (Å²) in [5.74, 6) is 0.297. The van der Waals surface area contributed by atoms with Gasteiger partial charge in [-0.15, -0.1) is 10.2 Å². The molecule has 2 aromatic heterocycles. The zero-order chi connectivity index (χ0) is 18.5. The summed E-state index contributed by atoms with van der Waals surface area (Å²) in [6.07, 6.45) is 3.76. The number of carbonyl (C=O) groups excluding carboxylic acids is 1. The summed E-state index contributed by atoms with van der Waals surface area (Å²) < 4.78 is 5.76. The molecule has 0 saturated carbocycles. The van der Waals surface area contributed by atoms with Crippen molar-refractivity contribution in [2.24, 2.45) is 0 Å². The number of benzene rings is 1. The van der Waals surface area contributed by atoms with E-state index in [1.807, 2.05) is 36.4 Å². The van der Waals surface area contributed by atoms with Gasteiger partial charge in [0.1, 0.15) is 0 Å². The van der Waals surface area contributed by atoms with E-state index in [0.29, 0.717) is 30.0 Å². The molecule has 1 saturated heterocycles. The molecular weight excluding hydrogens is 344 g/mol. The Hall–Kier alpha value is -3.13. The summed E-state index contributed by atoms with van der Waals surface area (Å²) in [7, 11) is 0. The van der Waals surface area contributed by atoms with Crippen LogP contribution in [0, 0.1) is 0 Å². The first-order valence-corrected chi connectivity index (χ1v) is 8.95. The molecular formula is C19H20N6O2. The second kappa shape index (κ2) is 8.05. The molecule has 1 fully saturated rings. The second-order valence-corrected chi connectivity index (χ2v) is 6.42. The lowest BCUT2D eigenvalue weighted by atomic mass is 10.0. The highest BCUT2D eigenvalue weighted by molar-refractivity contribution is 6.00. The number of pyridine rings is 1. The standard InChI is InChI=1S/C19H20N6O2/c26-19(17-9-2-1-8-16(17)18-21-23-24-22-18)25(13-15-7-5-11-27-15)12-14-6-3-4-10-20-14/h1-4,6,8-10,15H,5,7,11-13H2,(H,21,22,23,24). The van der Waals surface area contributed by atoms with Crippen molar-refractivity contribution < 1.29 is 9.53 Å². The molecule has 8 nitrogen and oxygen atoms in total. The number of hydrogen-bond acceptors (Lipinski definition) is 6. The Morgan fingerprint density at radius 1 is 1.22 bits per heavy atom. The van der Waals surface area contributed by atoms with Crippen molar-refractivity contribution in [1.29, 1.82) is 0 Å². The number of rotatable bonds is 6. The largest absolute Gasteiger partial charge is 0.376 e. The van der Waals surface area contributed by atoms with Crippen LogP contribution in [-0.4, -0.2) is 55.7 Å². The van der Waals surface area contributed by atoms with E-state index in [1.165, 1.54) is 0 Å². The van der Waals surface area contributed by atoms with E-state index in [1.54, 1.807) is 17.2 Å². The van der Waals surface area contributed by atoms with Crippen LogP contribution in [0.1, 0.15) is 28.9 Å². The topological polar surface area (TPSA) is 96.9 Å². The zero-order valence-electron chi connectivity index (χ0n) is 14.8. The lowest BCUT2D eigenvalue weighted by Gasteiger charge is -2.26. The predicted octanol–water partition coefficient (Wildman–Crippen LogP) is 2.08. The molecule has 1 aromatic carbocycles. The quantitative estimate of drug-likeness (QED) is 0.719. The first-order valence-electron chi connectivity index (χ1n) is 8.95. The number of hydrogen-bond donors (Lipinski definition) is 1. The maximum Gasteiger partial charge on any atom is 0.255 e. The fourth-order valence-electron chi connectivity index (χ4n) is 3.25. The monoisotopic (exact) mass is 364 g/mol. The molecule has 3 heterocycles. The van der Waals surface area contributed by atoms with Crippen molar-refractivity contribution >= 4 is 5.91 Å². The molecule has 3 aromatic rings. The van der Waals surface area contributed by atoms with E-state index in [0.717, 1.165) is 25.1 Å². The van der Waals surface area contributed by atoms with Gasteiger partial charge in [-0.05, 0) is 36.3 Å². The maximum atomic E-state index is 13.4. The number of amides is 1. The molecule has 138 valence electrons. The molecule has 0 bridgehead atoms. The molecule has 1 unspecified atom stereocenters. The lowest BCUT2D eigenvalue weighted by molar-refractivity contribution is 0.0505. The summed E-state index contributed by atoms with van der Waals surface area (Å²) >= 11 is 0. The summed E-state index contributed by atoms with van der Waals surface area (Å²) in [5, 5.41) is 14.1. The molecule has 27 heavy (non-hydrogen) atoms. The van der Waals surface area contributed by atoms with Crippen LogP contribution in [0.25, 0.3) is 11.4 Å². The molecule has 1 aliphatic rings. The van der Waals surface area contributed by atoms with E-state index in [4.69, 9.17) is 4.74 Å². The Morgan fingerprint density at radius 2 is 2.11 bits per heavy atom. The molecule has 0 aliphatic carbocycles. The molecule has 1 amide bonds. The molecule has 4 rings (SSSR count). The smallest absolute Gasteiger partial charge is 0.255 e. The van der Waals surface area contributed by atoms with Crippen LogP contribution in [0.5, 0.6) is 0 Å². The van der Waals surface area contributed by atoms with E-state index in [-0.39, 0.29) is 12.0 Å². The summed E-state index contributed by atoms with van der Waals surface area (Å²) in [6, 6.07) is 13.0. The molecule has 1 N–H and O–H groups in total. The number of H-pyrrole nitrogens is 1. The Balaban J connectivity index is 1.64. The highest BCUT2D eigenvalue weighted by Crippen LogP contribution is 2.23. The lowest BCUT2D eigenvalue weighted by Crippen LogP contribution is -2.37. The minimum atomic E-state index is -0.100. The molecule has 1 aliphatic heterocycles. The average Bonchev–Trinajstić information content (AvgIpc) is 3.42. The molecule has 1 atom stereocenters. The zero-order valence-corrected chi connectivity index (χ0v) is 14.8. The maximum absolute atomic E-state index is 13.4. The SMILES string of the molecule is O=C(c1ccccc1-c1nn[nH]n1)N(Cc1ccccn1)CC1CCCO1. The summed E-state index contributed by atoms with van der Waals surface area (Å²) in [4.78, 5) is 19.6. The van der Waals surface area contributed by atoms with Crippen molar-refractivity contribution in [3.05, 3.63) is 59.9 Å². The highest BCUT2D eigenvalue weighted by Gasteiger charge is 2.26. The average molecular weight is 364 g/mol. The first-order chi connectivity index (χ1) is 13.3. The number of carbonyl (C=O) groups is 1. The third kappa shape index (κ3) is 4.01. The van der Waals surface area contributed by atoms with Crippen molar-refractivity contribution in [2.75, 3.05) is 13.2 Å². The Bertz CT molecular complexity index is 878. The minimum Gasteiger partial charge on any atom is -0.376 e. The summed E-state index contributed by atoms with van der Waals surface area (Å²) in [6.45, 7) is 1.69. The van der Waals surface area contributed by atoms with E-state index >= 15 is 0 Å². The third-order valence-corrected chi connectivity index (χ3v) is 4.56. The Morgan fingerprint density at radius 3 is 2.85 bits per heavy atom. The van der Waals surface area contributed by atoms with Gasteiger partial charge in [-0.1, -0.05) is 24.3 Å². The number of aromatic nitrogens is 5. The van der Waals surface area contributed by atoms with Gasteiger partial charge in [-0.2, -0.15) is 5.21 Å². The van der Waals surface area contributed by atoms with Crippen molar-refractivity contribution in [2.45, 2.75) is 25.5 Å². The second-order valence-electron chi connectivity index (χ2n) is 6.42. The van der Waals surface area contributed by atoms with Gasteiger partial charge in [0.05, 0.1) is 23.9 Å². The van der Waals surface area contributed by atoms with E-state index in [9.17, 15) is 4.79 Å². The molecule has 8 heteroatoms. The van der Waals surface area contributed by atoms with Crippen LogP contribution in [0.4, 0.5) is 0 Å². The van der Waals surface area contributed by atoms with Crippen molar-refractivity contribution in [3.8, 4) is 11.4 Å². The van der Waals surface area contributed by atoms with Gasteiger partial charge in [0.25, 0.3) is 5.91 Å². The highest BCUT2D eigenvalue weighted by atomic mass is 16.5. The summed E-state index contributed by atoms with van der Waals surface area (Å²) in [5.41, 5.74) is 2.02. The van der Waals surface area contributed by atoms with Gasteiger partial charge in [0.15, 0.2) is 0 Å². The normalized spacial score (nSPS) is 16.4.